The number of hydrogen-bond donors (Lipinski definition) is 0. The fourth-order valence-corrected chi connectivity index (χ4v) is 1.51. The molecule has 0 nitrogen and oxygen atoms in total. The standard InChI is InChI=1S/C13H27/c1-5-7-8-9-10-11-12-13(3,4)6-2/h2,5-12H2,1,3-4H3. The summed E-state index contributed by atoms with van der Waals surface area (Å²) in [6.07, 6.45) is 10.9. The molecule has 0 spiro atoms. The Morgan fingerprint density at radius 1 is 0.923 bits per heavy atom. The lowest BCUT2D eigenvalue weighted by atomic mass is 9.84. The van der Waals surface area contributed by atoms with Gasteiger partial charge in [0.15, 0.2) is 0 Å². The van der Waals surface area contributed by atoms with Crippen molar-refractivity contribution in [2.24, 2.45) is 5.41 Å². The van der Waals surface area contributed by atoms with Crippen LogP contribution in [0.3, 0.4) is 0 Å². The zero-order valence-electron chi connectivity index (χ0n) is 9.86. The Labute approximate surface area is 85.1 Å². The molecule has 0 saturated carbocycles. The Morgan fingerprint density at radius 2 is 1.46 bits per heavy atom. The van der Waals surface area contributed by atoms with Crippen LogP contribution in [0.1, 0.15) is 72.1 Å². The molecule has 0 aliphatic heterocycles. The third-order valence-electron chi connectivity index (χ3n) is 2.88. The SMILES string of the molecule is [CH2]CC(C)(C)CCCCCCCC. The van der Waals surface area contributed by atoms with Crippen LogP contribution >= 0.6 is 0 Å². The van der Waals surface area contributed by atoms with Crippen molar-refractivity contribution in [1.82, 2.24) is 0 Å². The van der Waals surface area contributed by atoms with Crippen molar-refractivity contribution in [1.29, 1.82) is 0 Å². The summed E-state index contributed by atoms with van der Waals surface area (Å²) in [5.74, 6) is 0. The topological polar surface area (TPSA) is 0 Å². The zero-order valence-corrected chi connectivity index (χ0v) is 9.86. The Kier molecular flexibility index (Phi) is 7.41. The average Bonchev–Trinajstić information content (AvgIpc) is 2.11. The second-order valence-corrected chi connectivity index (χ2v) is 4.93. The van der Waals surface area contributed by atoms with Crippen molar-refractivity contribution in [3.05, 3.63) is 6.92 Å². The minimum absolute atomic E-state index is 0.477. The highest BCUT2D eigenvalue weighted by atomic mass is 14.2. The van der Waals surface area contributed by atoms with E-state index in [1.807, 2.05) is 0 Å². The molecular weight excluding hydrogens is 156 g/mol. The van der Waals surface area contributed by atoms with Crippen LogP contribution < -0.4 is 0 Å². The summed E-state index contributed by atoms with van der Waals surface area (Å²) in [5, 5.41) is 0. The smallest absolute Gasteiger partial charge is 0.0354 e. The molecule has 0 N–H and O–H groups in total. The molecule has 0 aliphatic carbocycles. The summed E-state index contributed by atoms with van der Waals surface area (Å²) in [7, 11) is 0. The maximum Gasteiger partial charge on any atom is -0.0354 e. The fraction of sp³-hybridized carbons (Fsp3) is 0.923. The Morgan fingerprint density at radius 3 is 2.00 bits per heavy atom. The first-order valence-corrected chi connectivity index (χ1v) is 5.91. The largest absolute Gasteiger partial charge is 0.0654 e. The lowest BCUT2D eigenvalue weighted by molar-refractivity contribution is 0.321. The van der Waals surface area contributed by atoms with Crippen LogP contribution in [0.4, 0.5) is 0 Å². The second kappa shape index (κ2) is 7.41. The van der Waals surface area contributed by atoms with E-state index >= 15 is 0 Å². The molecule has 0 aliphatic rings. The highest BCUT2D eigenvalue weighted by Crippen LogP contribution is 2.27. The van der Waals surface area contributed by atoms with Gasteiger partial charge in [-0.3, -0.25) is 0 Å². The third-order valence-corrected chi connectivity index (χ3v) is 2.88. The van der Waals surface area contributed by atoms with Crippen LogP contribution in [0.15, 0.2) is 0 Å². The maximum atomic E-state index is 3.99. The van der Waals surface area contributed by atoms with E-state index in [9.17, 15) is 0 Å². The van der Waals surface area contributed by atoms with Crippen molar-refractivity contribution >= 4 is 0 Å². The molecule has 79 valence electrons. The molecular formula is C13H27. The van der Waals surface area contributed by atoms with Crippen LogP contribution in [-0.4, -0.2) is 0 Å². The minimum atomic E-state index is 0.477. The van der Waals surface area contributed by atoms with E-state index in [1.165, 1.54) is 44.9 Å². The summed E-state index contributed by atoms with van der Waals surface area (Å²) in [6, 6.07) is 0. The van der Waals surface area contributed by atoms with E-state index in [1.54, 1.807) is 0 Å². The summed E-state index contributed by atoms with van der Waals surface area (Å²) >= 11 is 0. The third kappa shape index (κ3) is 8.33. The van der Waals surface area contributed by atoms with E-state index < -0.39 is 0 Å². The Balaban J connectivity index is 3.16. The predicted octanol–water partition coefficient (Wildman–Crippen LogP) is 4.99. The van der Waals surface area contributed by atoms with Crippen LogP contribution in [0.25, 0.3) is 0 Å². The molecule has 0 fully saturated rings. The first-order chi connectivity index (χ1) is 6.12. The first-order valence-electron chi connectivity index (χ1n) is 5.91. The van der Waals surface area contributed by atoms with Gasteiger partial charge in [0.05, 0.1) is 0 Å². The van der Waals surface area contributed by atoms with E-state index in [-0.39, 0.29) is 0 Å². The number of hydrogen-bond acceptors (Lipinski definition) is 0. The lowest BCUT2D eigenvalue weighted by Crippen LogP contribution is -2.08. The van der Waals surface area contributed by atoms with Crippen LogP contribution in [0.5, 0.6) is 0 Å². The summed E-state index contributed by atoms with van der Waals surface area (Å²) in [6.45, 7) is 10.9. The van der Waals surface area contributed by atoms with Gasteiger partial charge in [-0.15, -0.1) is 0 Å². The zero-order chi connectivity index (χ0) is 10.2. The van der Waals surface area contributed by atoms with Crippen molar-refractivity contribution in [3.63, 3.8) is 0 Å². The molecule has 0 atom stereocenters. The van der Waals surface area contributed by atoms with Gasteiger partial charge < -0.3 is 0 Å². The molecule has 0 aromatic rings. The van der Waals surface area contributed by atoms with Crippen LogP contribution in [0.2, 0.25) is 0 Å². The molecule has 0 unspecified atom stereocenters. The molecule has 0 aromatic heterocycles. The van der Waals surface area contributed by atoms with Gasteiger partial charge in [-0.2, -0.15) is 0 Å². The van der Waals surface area contributed by atoms with Gasteiger partial charge in [0.25, 0.3) is 0 Å². The van der Waals surface area contributed by atoms with Crippen molar-refractivity contribution < 1.29 is 0 Å². The minimum Gasteiger partial charge on any atom is -0.0654 e. The fourth-order valence-electron chi connectivity index (χ4n) is 1.51. The van der Waals surface area contributed by atoms with Gasteiger partial charge in [0, 0.05) is 0 Å². The molecule has 0 heterocycles. The van der Waals surface area contributed by atoms with Crippen LogP contribution in [-0.2, 0) is 0 Å². The molecule has 0 rings (SSSR count). The Hall–Kier alpha value is 0. The molecule has 0 bridgehead atoms. The highest BCUT2D eigenvalue weighted by molar-refractivity contribution is 4.69. The maximum absolute atomic E-state index is 3.99. The van der Waals surface area contributed by atoms with Gasteiger partial charge in [-0.05, 0) is 18.3 Å². The molecule has 13 heavy (non-hydrogen) atoms. The molecule has 0 saturated heterocycles. The number of rotatable bonds is 8. The monoisotopic (exact) mass is 183 g/mol. The summed E-state index contributed by atoms with van der Waals surface area (Å²) < 4.78 is 0. The predicted molar refractivity (Wildman–Crippen MR) is 61.7 cm³/mol. The second-order valence-electron chi connectivity index (χ2n) is 4.93. The quantitative estimate of drug-likeness (QED) is 0.465. The normalized spacial score (nSPS) is 12.0. The van der Waals surface area contributed by atoms with Crippen molar-refractivity contribution in [3.8, 4) is 0 Å². The van der Waals surface area contributed by atoms with Crippen molar-refractivity contribution in [2.45, 2.75) is 72.1 Å². The van der Waals surface area contributed by atoms with Gasteiger partial charge in [-0.25, -0.2) is 0 Å². The molecule has 0 amide bonds. The molecule has 0 heteroatoms. The highest BCUT2D eigenvalue weighted by Gasteiger charge is 2.13. The van der Waals surface area contributed by atoms with Gasteiger partial charge >= 0.3 is 0 Å². The lowest BCUT2D eigenvalue weighted by Gasteiger charge is -2.21. The van der Waals surface area contributed by atoms with E-state index in [2.05, 4.69) is 27.7 Å². The number of unbranched alkanes of at least 4 members (excludes halogenated alkanes) is 5. The summed E-state index contributed by atoms with van der Waals surface area (Å²) in [4.78, 5) is 0. The van der Waals surface area contributed by atoms with E-state index in [4.69, 9.17) is 0 Å². The van der Waals surface area contributed by atoms with Crippen LogP contribution in [0, 0.1) is 12.3 Å². The van der Waals surface area contributed by atoms with Crippen molar-refractivity contribution in [2.75, 3.05) is 0 Å². The molecule has 0 aromatic carbocycles. The Bertz CT molecular complexity index is 103. The van der Waals surface area contributed by atoms with Gasteiger partial charge in [0.2, 0.25) is 0 Å². The van der Waals surface area contributed by atoms with E-state index in [0.717, 1.165) is 6.42 Å². The molecule has 1 radical (unpaired) electrons. The first kappa shape index (κ1) is 13.0. The van der Waals surface area contributed by atoms with Gasteiger partial charge in [0.1, 0.15) is 0 Å². The summed E-state index contributed by atoms with van der Waals surface area (Å²) in [5.41, 5.74) is 0.477. The average molecular weight is 183 g/mol. The van der Waals surface area contributed by atoms with Gasteiger partial charge in [-0.1, -0.05) is 66.2 Å². The van der Waals surface area contributed by atoms with E-state index in [0.29, 0.717) is 5.41 Å².